The molecule has 0 N–H and O–H groups in total. The first-order valence-electron chi connectivity index (χ1n) is 10.0. The van der Waals surface area contributed by atoms with E-state index >= 15 is 0 Å². The summed E-state index contributed by atoms with van der Waals surface area (Å²) in [6.45, 7) is 5.76. The van der Waals surface area contributed by atoms with Crippen LogP contribution in [-0.4, -0.2) is 56.9 Å². The Hall–Kier alpha value is -2.71. The Balaban J connectivity index is 1.67. The zero-order valence-electron chi connectivity index (χ0n) is 17.1. The van der Waals surface area contributed by atoms with Crippen LogP contribution in [0.15, 0.2) is 52.5 Å². The maximum atomic E-state index is 13.2. The summed E-state index contributed by atoms with van der Waals surface area (Å²) >= 11 is 1.27. The quantitative estimate of drug-likeness (QED) is 0.463. The number of thioether (sulfide) groups is 1. The van der Waals surface area contributed by atoms with Crippen LogP contribution in [0.3, 0.4) is 0 Å². The molecule has 7 nitrogen and oxygen atoms in total. The van der Waals surface area contributed by atoms with E-state index in [9.17, 15) is 9.59 Å². The Morgan fingerprint density at radius 3 is 2.93 bits per heavy atom. The number of hydrogen-bond donors (Lipinski definition) is 0. The highest BCUT2D eigenvalue weighted by Gasteiger charge is 2.24. The second-order valence-corrected chi connectivity index (χ2v) is 8.22. The van der Waals surface area contributed by atoms with Gasteiger partial charge in [-0.3, -0.25) is 9.59 Å². The van der Waals surface area contributed by atoms with Gasteiger partial charge in [0.15, 0.2) is 5.16 Å². The van der Waals surface area contributed by atoms with Crippen molar-refractivity contribution in [2.24, 2.45) is 0 Å². The number of aromatic nitrogens is 3. The van der Waals surface area contributed by atoms with Crippen molar-refractivity contribution in [3.8, 4) is 5.82 Å². The number of para-hydroxylation sites is 1. The van der Waals surface area contributed by atoms with Crippen LogP contribution < -0.4 is 5.56 Å². The molecule has 8 heteroatoms. The number of amides is 1. The number of pyridine rings is 1. The first kappa shape index (κ1) is 20.6. The van der Waals surface area contributed by atoms with Crippen LogP contribution in [0.4, 0.5) is 0 Å². The summed E-state index contributed by atoms with van der Waals surface area (Å²) in [5, 5.41) is 0.987. The van der Waals surface area contributed by atoms with E-state index in [2.05, 4.69) is 16.9 Å². The number of morpholine rings is 1. The van der Waals surface area contributed by atoms with E-state index in [4.69, 9.17) is 4.74 Å². The van der Waals surface area contributed by atoms with Crippen molar-refractivity contribution in [1.82, 2.24) is 19.4 Å². The molecule has 1 fully saturated rings. The lowest BCUT2D eigenvalue weighted by molar-refractivity contribution is -0.135. The minimum Gasteiger partial charge on any atom is -0.375 e. The first-order chi connectivity index (χ1) is 14.6. The average Bonchev–Trinajstić information content (AvgIpc) is 2.77. The topological polar surface area (TPSA) is 77.3 Å². The van der Waals surface area contributed by atoms with Crippen LogP contribution in [0, 0.1) is 6.92 Å². The van der Waals surface area contributed by atoms with E-state index < -0.39 is 0 Å². The fraction of sp³-hybridized carbons (Fsp3) is 0.364. The molecule has 1 atom stereocenters. The lowest BCUT2D eigenvalue weighted by atomic mass is 10.2. The monoisotopic (exact) mass is 424 g/mol. The van der Waals surface area contributed by atoms with Gasteiger partial charge in [-0.25, -0.2) is 14.5 Å². The van der Waals surface area contributed by atoms with Crippen molar-refractivity contribution in [3.63, 3.8) is 0 Å². The van der Waals surface area contributed by atoms with Crippen LogP contribution in [0.2, 0.25) is 0 Å². The molecule has 1 aliphatic heterocycles. The predicted octanol–water partition coefficient (Wildman–Crippen LogP) is 2.82. The number of benzene rings is 1. The van der Waals surface area contributed by atoms with Crippen molar-refractivity contribution in [2.75, 3.05) is 25.4 Å². The zero-order chi connectivity index (χ0) is 21.1. The first-order valence-corrected chi connectivity index (χ1v) is 11.0. The molecule has 1 aliphatic rings. The predicted molar refractivity (Wildman–Crippen MR) is 117 cm³/mol. The Morgan fingerprint density at radius 1 is 1.30 bits per heavy atom. The number of aryl methyl sites for hydroxylation is 1. The normalized spacial score (nSPS) is 16.7. The smallest absolute Gasteiger partial charge is 0.267 e. The second kappa shape index (κ2) is 8.97. The third-order valence-corrected chi connectivity index (χ3v) is 6.07. The maximum Gasteiger partial charge on any atom is 0.267 e. The van der Waals surface area contributed by atoms with Gasteiger partial charge in [0.1, 0.15) is 5.82 Å². The lowest BCUT2D eigenvalue weighted by Gasteiger charge is -2.32. The Kier molecular flexibility index (Phi) is 6.15. The number of rotatable bonds is 5. The van der Waals surface area contributed by atoms with Gasteiger partial charge in [0, 0.05) is 19.3 Å². The number of hydrogen-bond acceptors (Lipinski definition) is 6. The summed E-state index contributed by atoms with van der Waals surface area (Å²) in [5.74, 6) is 0.728. The number of nitrogens with zero attached hydrogens (tertiary/aromatic N) is 4. The Labute approximate surface area is 179 Å². The molecule has 1 unspecified atom stereocenters. The molecule has 0 bridgehead atoms. The van der Waals surface area contributed by atoms with Crippen molar-refractivity contribution >= 4 is 28.6 Å². The molecule has 2 aromatic heterocycles. The van der Waals surface area contributed by atoms with Crippen LogP contribution in [0.25, 0.3) is 16.7 Å². The Morgan fingerprint density at radius 2 is 2.13 bits per heavy atom. The van der Waals surface area contributed by atoms with Crippen LogP contribution in [0.5, 0.6) is 0 Å². The molecule has 3 heterocycles. The van der Waals surface area contributed by atoms with Gasteiger partial charge in [-0.05, 0) is 43.2 Å². The molecule has 156 valence electrons. The van der Waals surface area contributed by atoms with Gasteiger partial charge in [0.05, 0.1) is 29.4 Å². The summed E-state index contributed by atoms with van der Waals surface area (Å²) in [6, 6.07) is 11.0. The van der Waals surface area contributed by atoms with Gasteiger partial charge < -0.3 is 9.64 Å². The number of carbonyl (C=O) groups excluding carboxylic acids is 1. The molecule has 1 saturated heterocycles. The van der Waals surface area contributed by atoms with Crippen molar-refractivity contribution in [1.29, 1.82) is 0 Å². The summed E-state index contributed by atoms with van der Waals surface area (Å²) in [4.78, 5) is 36.9. The molecule has 0 saturated carbocycles. The van der Waals surface area contributed by atoms with Crippen LogP contribution >= 0.6 is 11.8 Å². The number of ether oxygens (including phenoxy) is 1. The van der Waals surface area contributed by atoms with Crippen molar-refractivity contribution in [2.45, 2.75) is 31.5 Å². The van der Waals surface area contributed by atoms with Crippen LogP contribution in [-0.2, 0) is 9.53 Å². The van der Waals surface area contributed by atoms with E-state index in [1.165, 1.54) is 16.3 Å². The molecule has 1 amide bonds. The molecule has 1 aromatic carbocycles. The van der Waals surface area contributed by atoms with Gasteiger partial charge in [-0.2, -0.15) is 0 Å². The minimum atomic E-state index is -0.189. The number of carbonyl (C=O) groups is 1. The molecular formula is C22H24N4O3S. The maximum absolute atomic E-state index is 13.2. The largest absolute Gasteiger partial charge is 0.375 e. The van der Waals surface area contributed by atoms with E-state index in [-0.39, 0.29) is 23.3 Å². The fourth-order valence-corrected chi connectivity index (χ4v) is 4.37. The molecule has 0 radical (unpaired) electrons. The Bertz CT molecular complexity index is 1130. The zero-order valence-corrected chi connectivity index (χ0v) is 17.9. The molecule has 4 rings (SSSR count). The summed E-state index contributed by atoms with van der Waals surface area (Å²) in [7, 11) is 0. The molecule has 30 heavy (non-hydrogen) atoms. The van der Waals surface area contributed by atoms with E-state index in [1.807, 2.05) is 42.2 Å². The highest BCUT2D eigenvalue weighted by atomic mass is 32.2. The van der Waals surface area contributed by atoms with Gasteiger partial charge >= 0.3 is 0 Å². The lowest BCUT2D eigenvalue weighted by Crippen LogP contribution is -2.46. The minimum absolute atomic E-state index is 0.0212. The third-order valence-electron chi connectivity index (χ3n) is 5.15. The van der Waals surface area contributed by atoms with Gasteiger partial charge in [-0.1, -0.05) is 30.8 Å². The summed E-state index contributed by atoms with van der Waals surface area (Å²) in [6.07, 6.45) is 2.63. The van der Waals surface area contributed by atoms with Gasteiger partial charge in [0.2, 0.25) is 5.91 Å². The molecular weight excluding hydrogens is 400 g/mol. The average molecular weight is 425 g/mol. The van der Waals surface area contributed by atoms with Crippen LogP contribution in [0.1, 0.15) is 18.9 Å². The van der Waals surface area contributed by atoms with E-state index in [0.29, 0.717) is 41.6 Å². The highest BCUT2D eigenvalue weighted by Crippen LogP contribution is 2.22. The van der Waals surface area contributed by atoms with Crippen molar-refractivity contribution in [3.05, 3.63) is 58.5 Å². The second-order valence-electron chi connectivity index (χ2n) is 7.27. The van der Waals surface area contributed by atoms with Crippen molar-refractivity contribution < 1.29 is 9.53 Å². The summed E-state index contributed by atoms with van der Waals surface area (Å²) < 4.78 is 7.16. The third kappa shape index (κ3) is 4.24. The van der Waals surface area contributed by atoms with E-state index in [0.717, 1.165) is 12.0 Å². The van der Waals surface area contributed by atoms with Gasteiger partial charge in [0.25, 0.3) is 5.56 Å². The summed E-state index contributed by atoms with van der Waals surface area (Å²) in [5.41, 5.74) is 1.41. The molecule has 0 spiro atoms. The SMILES string of the molecule is CCC1CN(C(=O)CSc2nc3ccccc3c(=O)n2-c2cc(C)ccn2)CCO1. The fourth-order valence-electron chi connectivity index (χ4n) is 3.46. The standard InChI is InChI=1S/C22H24N4O3S/c1-3-16-13-25(10-11-29-16)20(27)14-30-22-24-18-7-5-4-6-17(18)21(28)26(22)19-12-15(2)8-9-23-19/h4-9,12,16H,3,10-11,13-14H2,1-2H3. The number of fused-ring (bicyclic) bond motifs is 1. The van der Waals surface area contributed by atoms with Gasteiger partial charge in [-0.15, -0.1) is 0 Å². The van der Waals surface area contributed by atoms with E-state index in [1.54, 1.807) is 12.3 Å². The molecule has 0 aliphatic carbocycles. The molecule has 3 aromatic rings. The highest BCUT2D eigenvalue weighted by molar-refractivity contribution is 7.99.